The summed E-state index contributed by atoms with van der Waals surface area (Å²) in [5, 5.41) is 3.85. The Bertz CT molecular complexity index is 656. The molecule has 0 atom stereocenters. The Balaban J connectivity index is 2.41. The molecule has 1 aromatic heterocycles. The smallest absolute Gasteiger partial charge is 0.267 e. The number of benzene rings is 1. The molecule has 0 saturated carbocycles. The average molecular weight is 243 g/mol. The third-order valence-corrected chi connectivity index (χ3v) is 2.51. The largest absolute Gasteiger partial charge is 0.348 e. The van der Waals surface area contributed by atoms with E-state index in [2.05, 4.69) is 11.7 Å². The highest BCUT2D eigenvalue weighted by Gasteiger charge is 2.05. The molecule has 0 saturated heterocycles. The van der Waals surface area contributed by atoms with Gasteiger partial charge in [-0.3, -0.25) is 9.36 Å². The van der Waals surface area contributed by atoms with Crippen molar-refractivity contribution in [3.8, 4) is 0 Å². The standard InChI is InChI=1S/C13H13N3O2/c1-2-8-15-12(17)9-14-16(13(15)18)10-11-6-4-3-5-7-11/h2-7,9H,1,8,10H2. The quantitative estimate of drug-likeness (QED) is 0.740. The Kier molecular flexibility index (Phi) is 3.52. The highest BCUT2D eigenvalue weighted by Crippen LogP contribution is 1.98. The third-order valence-electron chi connectivity index (χ3n) is 2.51. The lowest BCUT2D eigenvalue weighted by Crippen LogP contribution is -2.40. The van der Waals surface area contributed by atoms with Gasteiger partial charge in [-0.1, -0.05) is 36.4 Å². The maximum atomic E-state index is 12.0. The Morgan fingerprint density at radius 3 is 2.61 bits per heavy atom. The minimum Gasteiger partial charge on any atom is -0.267 e. The van der Waals surface area contributed by atoms with Gasteiger partial charge in [0, 0.05) is 6.54 Å². The normalized spacial score (nSPS) is 10.2. The van der Waals surface area contributed by atoms with Crippen molar-refractivity contribution in [1.82, 2.24) is 14.3 Å². The first-order valence-corrected chi connectivity index (χ1v) is 5.54. The number of allylic oxidation sites excluding steroid dienone is 1. The van der Waals surface area contributed by atoms with E-state index in [1.165, 1.54) is 10.8 Å². The van der Waals surface area contributed by atoms with Crippen LogP contribution in [0.25, 0.3) is 0 Å². The molecule has 0 aliphatic heterocycles. The van der Waals surface area contributed by atoms with Crippen LogP contribution < -0.4 is 11.2 Å². The van der Waals surface area contributed by atoms with Crippen LogP contribution in [-0.2, 0) is 13.1 Å². The highest BCUT2D eigenvalue weighted by atomic mass is 16.2. The second-order valence-electron chi connectivity index (χ2n) is 3.81. The van der Waals surface area contributed by atoms with Gasteiger partial charge in [0.2, 0.25) is 0 Å². The van der Waals surface area contributed by atoms with E-state index in [0.29, 0.717) is 6.54 Å². The number of rotatable bonds is 4. The van der Waals surface area contributed by atoms with Crippen LogP contribution in [0.4, 0.5) is 0 Å². The molecule has 0 amide bonds. The predicted octanol–water partition coefficient (Wildman–Crippen LogP) is 0.639. The van der Waals surface area contributed by atoms with Crippen LogP contribution in [0.1, 0.15) is 5.56 Å². The average Bonchev–Trinajstić information content (AvgIpc) is 2.39. The van der Waals surface area contributed by atoms with Crippen LogP contribution >= 0.6 is 0 Å². The van der Waals surface area contributed by atoms with Gasteiger partial charge >= 0.3 is 5.69 Å². The number of nitrogens with zero attached hydrogens (tertiary/aromatic N) is 3. The maximum Gasteiger partial charge on any atom is 0.348 e. The van der Waals surface area contributed by atoms with Crippen molar-refractivity contribution in [2.75, 3.05) is 0 Å². The molecule has 0 fully saturated rings. The second kappa shape index (κ2) is 5.27. The fraction of sp³-hybridized carbons (Fsp3) is 0.154. The summed E-state index contributed by atoms with van der Waals surface area (Å²) in [7, 11) is 0. The van der Waals surface area contributed by atoms with Gasteiger partial charge in [-0.25, -0.2) is 9.48 Å². The molecule has 92 valence electrons. The first kappa shape index (κ1) is 12.0. The van der Waals surface area contributed by atoms with Gasteiger partial charge in [-0.05, 0) is 5.56 Å². The molecule has 1 heterocycles. The Morgan fingerprint density at radius 1 is 1.22 bits per heavy atom. The number of hydrogen-bond donors (Lipinski definition) is 0. The first-order valence-electron chi connectivity index (χ1n) is 5.54. The van der Waals surface area contributed by atoms with E-state index >= 15 is 0 Å². The van der Waals surface area contributed by atoms with Gasteiger partial charge in [0.25, 0.3) is 5.56 Å². The fourth-order valence-corrected chi connectivity index (χ4v) is 1.63. The minimum atomic E-state index is -0.425. The van der Waals surface area contributed by atoms with E-state index < -0.39 is 11.2 Å². The van der Waals surface area contributed by atoms with E-state index in [-0.39, 0.29) is 6.54 Å². The van der Waals surface area contributed by atoms with E-state index in [1.54, 1.807) is 0 Å². The van der Waals surface area contributed by atoms with Crippen molar-refractivity contribution >= 4 is 0 Å². The second-order valence-corrected chi connectivity index (χ2v) is 3.81. The molecule has 0 N–H and O–H groups in total. The number of hydrogen-bond acceptors (Lipinski definition) is 3. The zero-order valence-electron chi connectivity index (χ0n) is 9.82. The monoisotopic (exact) mass is 243 g/mol. The fourth-order valence-electron chi connectivity index (χ4n) is 1.63. The van der Waals surface area contributed by atoms with Gasteiger partial charge in [-0.15, -0.1) is 6.58 Å². The first-order chi connectivity index (χ1) is 8.72. The summed E-state index contributed by atoms with van der Waals surface area (Å²) < 4.78 is 2.36. The van der Waals surface area contributed by atoms with Crippen LogP contribution in [0, 0.1) is 0 Å². The maximum absolute atomic E-state index is 12.0. The topological polar surface area (TPSA) is 56.9 Å². The lowest BCUT2D eigenvalue weighted by atomic mass is 10.2. The SMILES string of the molecule is C=CCn1c(=O)cnn(Cc2ccccc2)c1=O. The molecule has 0 aliphatic carbocycles. The molecular weight excluding hydrogens is 230 g/mol. The van der Waals surface area contributed by atoms with E-state index in [1.807, 2.05) is 30.3 Å². The van der Waals surface area contributed by atoms with E-state index in [0.717, 1.165) is 16.3 Å². The zero-order chi connectivity index (χ0) is 13.0. The van der Waals surface area contributed by atoms with Crippen LogP contribution in [0.3, 0.4) is 0 Å². The molecule has 18 heavy (non-hydrogen) atoms. The van der Waals surface area contributed by atoms with Crippen LogP contribution in [0.15, 0.2) is 58.8 Å². The predicted molar refractivity (Wildman–Crippen MR) is 68.5 cm³/mol. The van der Waals surface area contributed by atoms with Crippen LogP contribution in [0.2, 0.25) is 0 Å². The molecule has 0 bridgehead atoms. The Morgan fingerprint density at radius 2 is 1.94 bits per heavy atom. The summed E-state index contributed by atoms with van der Waals surface area (Å²) >= 11 is 0. The summed E-state index contributed by atoms with van der Waals surface area (Å²) in [6.45, 7) is 4.06. The molecule has 5 heteroatoms. The summed E-state index contributed by atoms with van der Waals surface area (Å²) in [5.74, 6) is 0. The molecule has 1 aromatic carbocycles. The molecule has 5 nitrogen and oxygen atoms in total. The Labute approximate surface area is 104 Å². The van der Waals surface area contributed by atoms with Crippen LogP contribution in [0.5, 0.6) is 0 Å². The molecule has 2 rings (SSSR count). The summed E-state index contributed by atoms with van der Waals surface area (Å²) in [6, 6.07) is 9.48. The molecule has 2 aromatic rings. The van der Waals surface area contributed by atoms with Gasteiger partial charge in [0.1, 0.15) is 6.20 Å². The van der Waals surface area contributed by atoms with Crippen molar-refractivity contribution in [2.45, 2.75) is 13.1 Å². The van der Waals surface area contributed by atoms with E-state index in [9.17, 15) is 9.59 Å². The van der Waals surface area contributed by atoms with Gasteiger partial charge in [0.15, 0.2) is 0 Å². The molecular formula is C13H13N3O2. The van der Waals surface area contributed by atoms with Crippen molar-refractivity contribution in [1.29, 1.82) is 0 Å². The van der Waals surface area contributed by atoms with Gasteiger partial charge < -0.3 is 0 Å². The highest BCUT2D eigenvalue weighted by molar-refractivity contribution is 5.14. The lowest BCUT2D eigenvalue weighted by molar-refractivity contribution is 0.545. The van der Waals surface area contributed by atoms with Crippen molar-refractivity contribution in [3.63, 3.8) is 0 Å². The lowest BCUT2D eigenvalue weighted by Gasteiger charge is -2.07. The summed E-state index contributed by atoms with van der Waals surface area (Å²) in [5.41, 5.74) is 0.117. The molecule has 0 unspecified atom stereocenters. The molecule has 0 spiro atoms. The minimum absolute atomic E-state index is 0.189. The van der Waals surface area contributed by atoms with Crippen molar-refractivity contribution in [3.05, 3.63) is 75.6 Å². The van der Waals surface area contributed by atoms with Gasteiger partial charge in [-0.2, -0.15) is 5.10 Å². The molecule has 0 radical (unpaired) electrons. The van der Waals surface area contributed by atoms with Crippen LogP contribution in [-0.4, -0.2) is 14.3 Å². The van der Waals surface area contributed by atoms with Crippen molar-refractivity contribution < 1.29 is 0 Å². The van der Waals surface area contributed by atoms with E-state index in [4.69, 9.17) is 0 Å². The Hall–Kier alpha value is -2.43. The summed E-state index contributed by atoms with van der Waals surface area (Å²) in [6.07, 6.45) is 2.66. The van der Waals surface area contributed by atoms with Gasteiger partial charge in [0.05, 0.1) is 6.54 Å². The molecule has 0 aliphatic rings. The number of aromatic nitrogens is 3. The zero-order valence-corrected chi connectivity index (χ0v) is 9.82. The third kappa shape index (κ3) is 2.45. The summed E-state index contributed by atoms with van der Waals surface area (Å²) in [4.78, 5) is 23.5. The van der Waals surface area contributed by atoms with Crippen molar-refractivity contribution in [2.24, 2.45) is 0 Å².